The van der Waals surface area contributed by atoms with Gasteiger partial charge in [-0.15, -0.1) is 0 Å². The Kier molecular flexibility index (Phi) is 4.15. The lowest BCUT2D eigenvalue weighted by molar-refractivity contribution is 0.384. The minimum atomic E-state index is 0.134. The van der Waals surface area contributed by atoms with Crippen molar-refractivity contribution in [1.29, 1.82) is 0 Å². The summed E-state index contributed by atoms with van der Waals surface area (Å²) >= 11 is 0. The molecule has 0 bridgehead atoms. The third-order valence-corrected chi connectivity index (χ3v) is 6.16. The maximum Gasteiger partial charge on any atom is 0.0190 e. The van der Waals surface area contributed by atoms with E-state index in [0.29, 0.717) is 5.92 Å². The first kappa shape index (κ1) is 16.4. The van der Waals surface area contributed by atoms with Gasteiger partial charge in [0.1, 0.15) is 0 Å². The molecule has 0 amide bonds. The molecule has 2 aliphatic rings. The smallest absolute Gasteiger partial charge is 0.0190 e. The normalized spacial score (nSPS) is 16.4. The lowest BCUT2D eigenvalue weighted by Crippen LogP contribution is -2.24. The summed E-state index contributed by atoms with van der Waals surface area (Å²) < 4.78 is 0. The molecule has 2 aromatic carbocycles. The van der Waals surface area contributed by atoms with Crippen LogP contribution < -0.4 is 0 Å². The first-order chi connectivity index (χ1) is 12.1. The fourth-order valence-electron chi connectivity index (χ4n) is 4.94. The molecule has 128 valence electrons. The second-order valence-electron chi connectivity index (χ2n) is 8.04. The zero-order valence-electron chi connectivity index (χ0n) is 15.7. The van der Waals surface area contributed by atoms with E-state index in [1.807, 2.05) is 0 Å². The Bertz CT molecular complexity index is 802. The molecule has 0 saturated carbocycles. The molecular formula is C25H28. The highest BCUT2D eigenvalue weighted by molar-refractivity contribution is 5.79. The van der Waals surface area contributed by atoms with Gasteiger partial charge in [-0.3, -0.25) is 0 Å². The highest BCUT2D eigenvalue weighted by atomic mass is 14.4. The zero-order valence-corrected chi connectivity index (χ0v) is 15.7. The highest BCUT2D eigenvalue weighted by Crippen LogP contribution is 2.56. The van der Waals surface area contributed by atoms with Crippen LogP contribution in [0.5, 0.6) is 0 Å². The van der Waals surface area contributed by atoms with Crippen molar-refractivity contribution in [1.82, 2.24) is 0 Å². The van der Waals surface area contributed by atoms with Gasteiger partial charge >= 0.3 is 0 Å². The Labute approximate surface area is 152 Å². The van der Waals surface area contributed by atoms with Crippen LogP contribution in [0.4, 0.5) is 0 Å². The third-order valence-electron chi connectivity index (χ3n) is 6.16. The van der Waals surface area contributed by atoms with Crippen LogP contribution in [-0.4, -0.2) is 0 Å². The second kappa shape index (κ2) is 6.33. The topological polar surface area (TPSA) is 0 Å². The predicted octanol–water partition coefficient (Wildman–Crippen LogP) is 7.27. The number of rotatable bonds is 5. The predicted molar refractivity (Wildman–Crippen MR) is 108 cm³/mol. The summed E-state index contributed by atoms with van der Waals surface area (Å²) in [5.41, 5.74) is 9.24. The van der Waals surface area contributed by atoms with Crippen LogP contribution in [0.2, 0.25) is 0 Å². The van der Waals surface area contributed by atoms with Crippen molar-refractivity contribution in [3.05, 3.63) is 83.0 Å². The summed E-state index contributed by atoms with van der Waals surface area (Å²) in [7, 11) is 0. The molecule has 4 rings (SSSR count). The van der Waals surface area contributed by atoms with Gasteiger partial charge in [-0.2, -0.15) is 0 Å². The van der Waals surface area contributed by atoms with E-state index in [1.165, 1.54) is 41.5 Å². The number of hydrogen-bond acceptors (Lipinski definition) is 0. The molecule has 0 nitrogen and oxygen atoms in total. The number of benzene rings is 2. The molecule has 25 heavy (non-hydrogen) atoms. The summed E-state index contributed by atoms with van der Waals surface area (Å²) in [6.07, 6.45) is 9.65. The van der Waals surface area contributed by atoms with Gasteiger partial charge < -0.3 is 0 Å². The molecule has 2 aromatic rings. The third kappa shape index (κ3) is 2.59. The molecule has 0 atom stereocenters. The number of allylic oxidation sites excluding steroid dienone is 4. The summed E-state index contributed by atoms with van der Waals surface area (Å²) in [5, 5.41) is 0. The zero-order chi connectivity index (χ0) is 17.4. The number of unbranched alkanes of at least 4 members (excludes halogenated alkanes) is 1. The van der Waals surface area contributed by atoms with Gasteiger partial charge in [0.25, 0.3) is 0 Å². The van der Waals surface area contributed by atoms with Crippen LogP contribution in [0.15, 0.2) is 71.8 Å². The Hall–Kier alpha value is -2.08. The van der Waals surface area contributed by atoms with Crippen LogP contribution in [0.3, 0.4) is 0 Å². The van der Waals surface area contributed by atoms with Crippen LogP contribution >= 0.6 is 0 Å². The van der Waals surface area contributed by atoms with E-state index in [-0.39, 0.29) is 5.41 Å². The van der Waals surface area contributed by atoms with Crippen molar-refractivity contribution < 1.29 is 0 Å². The Morgan fingerprint density at radius 1 is 0.920 bits per heavy atom. The lowest BCUT2D eigenvalue weighted by atomic mass is 9.67. The molecule has 0 heterocycles. The second-order valence-corrected chi connectivity index (χ2v) is 8.04. The van der Waals surface area contributed by atoms with Crippen LogP contribution in [0, 0.1) is 5.41 Å². The largest absolute Gasteiger partial charge is 0.0802 e. The average molecular weight is 328 g/mol. The van der Waals surface area contributed by atoms with Crippen molar-refractivity contribution >= 4 is 0 Å². The van der Waals surface area contributed by atoms with Crippen LogP contribution in [-0.2, 0) is 0 Å². The first-order valence-electron chi connectivity index (χ1n) is 9.72. The van der Waals surface area contributed by atoms with E-state index in [2.05, 4.69) is 81.5 Å². The van der Waals surface area contributed by atoms with Gasteiger partial charge in [-0.05, 0) is 52.5 Å². The number of hydrogen-bond donors (Lipinski definition) is 0. The molecule has 0 fully saturated rings. The van der Waals surface area contributed by atoms with Gasteiger partial charge in [0.05, 0.1) is 0 Å². The maximum absolute atomic E-state index is 2.46. The quantitative estimate of drug-likeness (QED) is 0.541. The van der Waals surface area contributed by atoms with E-state index in [4.69, 9.17) is 0 Å². The van der Waals surface area contributed by atoms with Crippen molar-refractivity contribution in [2.75, 3.05) is 0 Å². The van der Waals surface area contributed by atoms with Crippen LogP contribution in [0.1, 0.15) is 63.5 Å². The van der Waals surface area contributed by atoms with Crippen molar-refractivity contribution in [2.24, 2.45) is 5.41 Å². The van der Waals surface area contributed by atoms with Gasteiger partial charge in [0.2, 0.25) is 0 Å². The Morgan fingerprint density at radius 3 is 2.12 bits per heavy atom. The molecule has 0 unspecified atom stereocenters. The van der Waals surface area contributed by atoms with E-state index in [0.717, 1.165) is 6.42 Å². The van der Waals surface area contributed by atoms with E-state index in [1.54, 1.807) is 11.1 Å². The fourth-order valence-corrected chi connectivity index (χ4v) is 4.94. The van der Waals surface area contributed by atoms with Gasteiger partial charge in [-0.25, -0.2) is 0 Å². The molecule has 0 aliphatic heterocycles. The van der Waals surface area contributed by atoms with Gasteiger partial charge in [0.15, 0.2) is 0 Å². The van der Waals surface area contributed by atoms with E-state index < -0.39 is 0 Å². The van der Waals surface area contributed by atoms with E-state index >= 15 is 0 Å². The molecule has 0 spiro atoms. The molecule has 0 saturated heterocycles. The van der Waals surface area contributed by atoms with Crippen molar-refractivity contribution in [3.63, 3.8) is 0 Å². The Balaban J connectivity index is 1.83. The monoisotopic (exact) mass is 328 g/mol. The van der Waals surface area contributed by atoms with Crippen molar-refractivity contribution in [3.8, 4) is 11.1 Å². The maximum atomic E-state index is 2.46. The molecular weight excluding hydrogens is 300 g/mol. The first-order valence-corrected chi connectivity index (χ1v) is 9.72. The fraction of sp³-hybridized carbons (Fsp3) is 0.360. The summed E-state index contributed by atoms with van der Waals surface area (Å²) in [4.78, 5) is 0. The molecule has 0 radical (unpaired) electrons. The standard InChI is InChI=1S/C25H28/c1-4-5-11-18-12-10-17-23(18)25(2,3)24-21-15-8-6-13-19(21)20-14-7-9-16-22(20)24/h6-10,12-16,24H,4-5,11,17H2,1-3H3. The SMILES string of the molecule is CCCCC1=C(C(C)(C)C2c3ccccc3-c3ccccc32)CC=C1. The van der Waals surface area contributed by atoms with E-state index in [9.17, 15) is 0 Å². The minimum absolute atomic E-state index is 0.134. The summed E-state index contributed by atoms with van der Waals surface area (Å²) in [5.74, 6) is 0.450. The van der Waals surface area contributed by atoms with Crippen molar-refractivity contribution in [2.45, 2.75) is 52.4 Å². The van der Waals surface area contributed by atoms with Crippen LogP contribution in [0.25, 0.3) is 11.1 Å². The van der Waals surface area contributed by atoms with Gasteiger partial charge in [0, 0.05) is 5.92 Å². The summed E-state index contributed by atoms with van der Waals surface area (Å²) in [6.45, 7) is 7.21. The average Bonchev–Trinajstić information content (AvgIpc) is 3.23. The lowest BCUT2D eigenvalue weighted by Gasteiger charge is -2.36. The molecule has 0 aromatic heterocycles. The minimum Gasteiger partial charge on any atom is -0.0802 e. The molecule has 2 aliphatic carbocycles. The number of fused-ring (bicyclic) bond motifs is 3. The summed E-state index contributed by atoms with van der Waals surface area (Å²) in [6, 6.07) is 18.0. The molecule has 0 N–H and O–H groups in total. The highest BCUT2D eigenvalue weighted by Gasteiger charge is 2.42. The molecule has 0 heteroatoms. The van der Waals surface area contributed by atoms with Gasteiger partial charge in [-0.1, -0.05) is 93.4 Å². The Morgan fingerprint density at radius 2 is 1.52 bits per heavy atom.